The molecule has 3 fully saturated rings. The second-order valence-corrected chi connectivity index (χ2v) is 8.65. The molecule has 10 heteroatoms. The van der Waals surface area contributed by atoms with Crippen molar-refractivity contribution in [1.29, 1.82) is 5.26 Å². The van der Waals surface area contributed by atoms with Crippen LogP contribution in [-0.4, -0.2) is 71.5 Å². The molecule has 34 heavy (non-hydrogen) atoms. The number of fused-ring (bicyclic) bond motifs is 5. The van der Waals surface area contributed by atoms with E-state index in [1.807, 2.05) is 12.1 Å². The zero-order valence-electron chi connectivity index (χ0n) is 19.0. The number of carbonyl (C=O) groups excluding carboxylic acids is 3. The molecular weight excluding hydrogens is 438 g/mol. The highest BCUT2D eigenvalue weighted by Crippen LogP contribution is 2.42. The van der Waals surface area contributed by atoms with Gasteiger partial charge in [0.15, 0.2) is 11.5 Å². The number of aromatic nitrogens is 1. The predicted octanol–water partition coefficient (Wildman–Crippen LogP) is 1.64. The molecule has 1 aromatic carbocycles. The first kappa shape index (κ1) is 21.7. The molecule has 1 unspecified atom stereocenters. The maximum atomic E-state index is 13.3. The Kier molecular flexibility index (Phi) is 5.12. The van der Waals surface area contributed by atoms with Crippen molar-refractivity contribution in [2.45, 2.75) is 37.9 Å². The number of carbonyl (C=O) groups is 3. The van der Waals surface area contributed by atoms with Gasteiger partial charge in [-0.1, -0.05) is 6.07 Å². The number of nitriles is 1. The molecule has 3 aliphatic rings. The fourth-order valence-corrected chi connectivity index (χ4v) is 5.25. The van der Waals surface area contributed by atoms with Gasteiger partial charge in [-0.25, -0.2) is 14.7 Å². The maximum Gasteiger partial charge on any atom is 0.332 e. The van der Waals surface area contributed by atoms with Gasteiger partial charge in [0.05, 0.1) is 44.6 Å². The van der Waals surface area contributed by atoms with E-state index in [1.54, 1.807) is 42.0 Å². The summed E-state index contributed by atoms with van der Waals surface area (Å²) in [6.45, 7) is 2.10. The number of benzene rings is 1. The van der Waals surface area contributed by atoms with Gasteiger partial charge in [0.2, 0.25) is 5.91 Å². The lowest BCUT2D eigenvalue weighted by molar-refractivity contribution is -0.135. The minimum atomic E-state index is -0.712. The van der Waals surface area contributed by atoms with E-state index in [1.165, 1.54) is 13.3 Å². The number of hydrogen-bond acceptors (Lipinski definition) is 7. The van der Waals surface area contributed by atoms with Crippen LogP contribution in [0.5, 0.6) is 11.5 Å². The molecule has 3 saturated heterocycles. The highest BCUT2D eigenvalue weighted by molar-refractivity contribution is 6.22. The minimum absolute atomic E-state index is 0.103. The van der Waals surface area contributed by atoms with E-state index < -0.39 is 12.1 Å². The molecule has 4 heterocycles. The highest BCUT2D eigenvalue weighted by Gasteiger charge is 2.62. The smallest absolute Gasteiger partial charge is 0.332 e. The van der Waals surface area contributed by atoms with Crippen LogP contribution in [0, 0.1) is 18.3 Å². The van der Waals surface area contributed by atoms with Gasteiger partial charge in [-0.2, -0.15) is 5.26 Å². The number of methoxy groups -OCH3 is 2. The fraction of sp³-hybridized carbons (Fsp3) is 0.375. The van der Waals surface area contributed by atoms with Crippen LogP contribution in [0.15, 0.2) is 30.5 Å². The average Bonchev–Trinajstić information content (AvgIpc) is 3.50. The molecule has 4 amide bonds. The topological polar surface area (TPSA) is 116 Å². The van der Waals surface area contributed by atoms with Gasteiger partial charge in [-0.05, 0) is 42.7 Å². The Morgan fingerprint density at radius 3 is 2.65 bits per heavy atom. The predicted molar refractivity (Wildman–Crippen MR) is 119 cm³/mol. The van der Waals surface area contributed by atoms with Crippen molar-refractivity contribution < 1.29 is 23.9 Å². The molecule has 3 atom stereocenters. The van der Waals surface area contributed by atoms with Gasteiger partial charge in [-0.15, -0.1) is 0 Å². The van der Waals surface area contributed by atoms with Gasteiger partial charge in [0, 0.05) is 6.54 Å². The number of amides is 4. The van der Waals surface area contributed by atoms with Crippen molar-refractivity contribution in [2.24, 2.45) is 0 Å². The SMILES string of the molecule is COc1ccc(CC(=O)N2C[C@H]3CC2[C@H]2C(=O)N(c4cnc(C#N)c(C)c4)C(=O)N32)cc1OC. The van der Waals surface area contributed by atoms with E-state index in [2.05, 4.69) is 4.98 Å². The number of ether oxygens (including phenoxy) is 2. The summed E-state index contributed by atoms with van der Waals surface area (Å²) in [6, 6.07) is 7.24. The fourth-order valence-electron chi connectivity index (χ4n) is 5.25. The van der Waals surface area contributed by atoms with Crippen LogP contribution >= 0.6 is 0 Å². The lowest BCUT2D eigenvalue weighted by atomic mass is 10.1. The number of urea groups is 1. The van der Waals surface area contributed by atoms with E-state index in [4.69, 9.17) is 14.7 Å². The Morgan fingerprint density at radius 1 is 1.21 bits per heavy atom. The molecule has 2 bridgehead atoms. The van der Waals surface area contributed by atoms with E-state index >= 15 is 0 Å². The minimum Gasteiger partial charge on any atom is -0.493 e. The number of hydrogen-bond donors (Lipinski definition) is 0. The Morgan fingerprint density at radius 2 is 1.97 bits per heavy atom. The molecule has 0 N–H and O–H groups in total. The van der Waals surface area contributed by atoms with Crippen LogP contribution in [0.1, 0.15) is 23.2 Å². The zero-order valence-corrected chi connectivity index (χ0v) is 19.0. The number of rotatable bonds is 5. The summed E-state index contributed by atoms with van der Waals surface area (Å²) < 4.78 is 10.6. The lowest BCUT2D eigenvalue weighted by Crippen LogP contribution is -2.55. The Bertz CT molecular complexity index is 1250. The summed E-state index contributed by atoms with van der Waals surface area (Å²) in [6.07, 6.45) is 2.10. The number of piperazine rings is 1. The number of pyridine rings is 1. The van der Waals surface area contributed by atoms with Crippen molar-refractivity contribution in [3.05, 3.63) is 47.3 Å². The second kappa shape index (κ2) is 8.02. The molecule has 0 radical (unpaired) electrons. The first-order valence-electron chi connectivity index (χ1n) is 10.9. The zero-order chi connectivity index (χ0) is 24.1. The number of aryl methyl sites for hydroxylation is 1. The summed E-state index contributed by atoms with van der Waals surface area (Å²) in [7, 11) is 3.09. The summed E-state index contributed by atoms with van der Waals surface area (Å²) >= 11 is 0. The molecule has 10 nitrogen and oxygen atoms in total. The monoisotopic (exact) mass is 461 g/mol. The summed E-state index contributed by atoms with van der Waals surface area (Å²) in [4.78, 5) is 48.2. The summed E-state index contributed by atoms with van der Waals surface area (Å²) in [5, 5.41) is 9.11. The van der Waals surface area contributed by atoms with Gasteiger partial charge in [0.1, 0.15) is 17.8 Å². The average molecular weight is 461 g/mol. The number of nitrogens with zero attached hydrogens (tertiary/aromatic N) is 5. The van der Waals surface area contributed by atoms with Crippen molar-refractivity contribution >= 4 is 23.5 Å². The first-order valence-corrected chi connectivity index (χ1v) is 10.9. The van der Waals surface area contributed by atoms with Crippen LogP contribution in [0.3, 0.4) is 0 Å². The molecule has 5 rings (SSSR count). The quantitative estimate of drug-likeness (QED) is 0.622. The van der Waals surface area contributed by atoms with Crippen LogP contribution in [-0.2, 0) is 16.0 Å². The van der Waals surface area contributed by atoms with E-state index in [0.717, 1.165) is 10.5 Å². The van der Waals surface area contributed by atoms with Crippen molar-refractivity contribution in [3.63, 3.8) is 0 Å². The molecule has 174 valence electrons. The van der Waals surface area contributed by atoms with Crippen LogP contribution in [0.2, 0.25) is 0 Å². The van der Waals surface area contributed by atoms with Crippen LogP contribution < -0.4 is 14.4 Å². The standard InChI is InChI=1S/C24H23N5O5/c1-13-6-15(11-26-17(13)10-25)29-23(31)22-18-9-16(28(22)24(29)32)12-27(18)21(30)8-14-4-5-19(33-2)20(7-14)34-3/h4-7,11,16,18,22H,8-9,12H2,1-3H3/t16-,18?,22+/m1/s1. The van der Waals surface area contributed by atoms with Gasteiger partial charge in [-0.3, -0.25) is 9.59 Å². The molecule has 3 aliphatic heterocycles. The molecule has 0 spiro atoms. The number of imide groups is 1. The van der Waals surface area contributed by atoms with Gasteiger partial charge < -0.3 is 19.3 Å². The second-order valence-electron chi connectivity index (χ2n) is 8.65. The Hall–Kier alpha value is -4.13. The Labute approximate surface area is 196 Å². The summed E-state index contributed by atoms with van der Waals surface area (Å²) in [5.41, 5.74) is 1.94. The first-order chi connectivity index (χ1) is 16.4. The molecule has 2 aromatic rings. The third kappa shape index (κ3) is 3.15. The van der Waals surface area contributed by atoms with Crippen molar-refractivity contribution in [1.82, 2.24) is 14.8 Å². The number of likely N-dealkylation sites (tertiary alicyclic amines) is 1. The molecular formula is C24H23N5O5. The molecule has 0 saturated carbocycles. The maximum absolute atomic E-state index is 13.3. The highest BCUT2D eigenvalue weighted by atomic mass is 16.5. The largest absolute Gasteiger partial charge is 0.493 e. The van der Waals surface area contributed by atoms with Gasteiger partial charge >= 0.3 is 6.03 Å². The van der Waals surface area contributed by atoms with Crippen LogP contribution in [0.4, 0.5) is 10.5 Å². The van der Waals surface area contributed by atoms with Crippen LogP contribution in [0.25, 0.3) is 0 Å². The third-order valence-electron chi connectivity index (χ3n) is 6.82. The Balaban J connectivity index is 1.36. The van der Waals surface area contributed by atoms with Crippen molar-refractivity contribution in [3.8, 4) is 17.6 Å². The summed E-state index contributed by atoms with van der Waals surface area (Å²) in [5.74, 6) is 0.652. The van der Waals surface area contributed by atoms with E-state index in [9.17, 15) is 14.4 Å². The van der Waals surface area contributed by atoms with E-state index in [-0.39, 0.29) is 36.0 Å². The van der Waals surface area contributed by atoms with Crippen molar-refractivity contribution in [2.75, 3.05) is 25.7 Å². The normalized spacial score (nSPS) is 22.8. The number of anilines is 1. The van der Waals surface area contributed by atoms with Gasteiger partial charge in [0.25, 0.3) is 5.91 Å². The molecule has 0 aliphatic carbocycles. The molecule has 1 aromatic heterocycles. The third-order valence-corrected chi connectivity index (χ3v) is 6.82. The lowest BCUT2D eigenvalue weighted by Gasteiger charge is -2.35. The van der Waals surface area contributed by atoms with E-state index in [0.29, 0.717) is 35.7 Å².